The summed E-state index contributed by atoms with van der Waals surface area (Å²) in [6.45, 7) is 7.48. The van der Waals surface area contributed by atoms with Gasteiger partial charge in [0.05, 0.1) is 26.4 Å². The number of benzene rings is 1. The molecule has 7 nitrogen and oxygen atoms in total. The second-order valence-electron chi connectivity index (χ2n) is 6.57. The van der Waals surface area contributed by atoms with Gasteiger partial charge in [-0.1, -0.05) is 6.92 Å². The fourth-order valence-corrected chi connectivity index (χ4v) is 2.84. The van der Waals surface area contributed by atoms with Crippen LogP contribution >= 0.6 is 24.0 Å². The number of alkyl halides is 2. The number of rotatable bonds is 11. The van der Waals surface area contributed by atoms with Gasteiger partial charge in [0.2, 0.25) is 0 Å². The van der Waals surface area contributed by atoms with Crippen molar-refractivity contribution >= 4 is 29.9 Å². The Morgan fingerprint density at radius 3 is 2.67 bits per heavy atom. The number of nitrogens with one attached hydrogen (secondary N) is 2. The standard InChI is InChI=1S/C20H32F2N4O3.HI/c1-3-11-28-17-6-5-16(18(14-17)29-19(21)22)15-25-20(23-4-2)24-7-8-26-9-12-27-13-10-26;/h5-6,14,19H,3-4,7-13,15H2,1-2H3,(H2,23,24,25);1H. The normalized spacial score (nSPS) is 14.9. The molecular formula is C20H33F2IN4O3. The zero-order chi connectivity index (χ0) is 20.9. The van der Waals surface area contributed by atoms with E-state index in [9.17, 15) is 8.78 Å². The summed E-state index contributed by atoms with van der Waals surface area (Å²) >= 11 is 0. The Balaban J connectivity index is 0.00000450. The van der Waals surface area contributed by atoms with E-state index in [1.165, 1.54) is 6.07 Å². The Bertz CT molecular complexity index is 632. The van der Waals surface area contributed by atoms with Crippen LogP contribution in [0.1, 0.15) is 25.8 Å². The van der Waals surface area contributed by atoms with Crippen molar-refractivity contribution in [1.29, 1.82) is 0 Å². The minimum Gasteiger partial charge on any atom is -0.493 e. The van der Waals surface area contributed by atoms with Crippen LogP contribution in [0.5, 0.6) is 11.5 Å². The molecule has 1 aromatic rings. The van der Waals surface area contributed by atoms with Gasteiger partial charge in [-0.05, 0) is 25.5 Å². The SMILES string of the molecule is CCCOc1ccc(CN=C(NCC)NCCN2CCOCC2)c(OC(F)F)c1.I. The Labute approximate surface area is 194 Å². The summed E-state index contributed by atoms with van der Waals surface area (Å²) in [5.74, 6) is 1.22. The first kappa shape index (κ1) is 26.6. The predicted molar refractivity (Wildman–Crippen MR) is 124 cm³/mol. The first-order valence-corrected chi connectivity index (χ1v) is 10.1. The molecule has 10 heteroatoms. The topological polar surface area (TPSA) is 67.4 Å². The highest BCUT2D eigenvalue weighted by Gasteiger charge is 2.12. The fraction of sp³-hybridized carbons (Fsp3) is 0.650. The van der Waals surface area contributed by atoms with Gasteiger partial charge in [0.25, 0.3) is 0 Å². The van der Waals surface area contributed by atoms with Gasteiger partial charge in [-0.2, -0.15) is 8.78 Å². The molecule has 0 spiro atoms. The van der Waals surface area contributed by atoms with E-state index in [1.807, 2.05) is 13.8 Å². The van der Waals surface area contributed by atoms with E-state index in [4.69, 9.17) is 9.47 Å². The van der Waals surface area contributed by atoms with Crippen LogP contribution in [0.15, 0.2) is 23.2 Å². The van der Waals surface area contributed by atoms with Crippen LogP contribution in [0.4, 0.5) is 8.78 Å². The van der Waals surface area contributed by atoms with Gasteiger partial charge in [0, 0.05) is 44.4 Å². The summed E-state index contributed by atoms with van der Waals surface area (Å²) in [5, 5.41) is 6.45. The number of hydrogen-bond acceptors (Lipinski definition) is 5. The van der Waals surface area contributed by atoms with E-state index in [-0.39, 0.29) is 36.3 Å². The lowest BCUT2D eigenvalue weighted by Gasteiger charge is -2.26. The van der Waals surface area contributed by atoms with Crippen LogP contribution in [0.3, 0.4) is 0 Å². The smallest absolute Gasteiger partial charge is 0.387 e. The third-order valence-corrected chi connectivity index (χ3v) is 4.30. The van der Waals surface area contributed by atoms with Crippen LogP contribution in [0, 0.1) is 0 Å². The number of morpholine rings is 1. The summed E-state index contributed by atoms with van der Waals surface area (Å²) in [6, 6.07) is 4.95. The second kappa shape index (κ2) is 15.4. The fourth-order valence-electron chi connectivity index (χ4n) is 2.84. The Morgan fingerprint density at radius 1 is 1.23 bits per heavy atom. The van der Waals surface area contributed by atoms with Crippen molar-refractivity contribution in [1.82, 2.24) is 15.5 Å². The van der Waals surface area contributed by atoms with E-state index in [2.05, 4.69) is 25.3 Å². The molecule has 0 saturated carbocycles. The van der Waals surface area contributed by atoms with Crippen molar-refractivity contribution in [3.05, 3.63) is 23.8 Å². The maximum absolute atomic E-state index is 12.8. The lowest BCUT2D eigenvalue weighted by Crippen LogP contribution is -2.44. The van der Waals surface area contributed by atoms with Crippen molar-refractivity contribution in [2.24, 2.45) is 4.99 Å². The van der Waals surface area contributed by atoms with Gasteiger partial charge < -0.3 is 24.8 Å². The van der Waals surface area contributed by atoms with Gasteiger partial charge in [0.1, 0.15) is 11.5 Å². The van der Waals surface area contributed by atoms with Gasteiger partial charge in [-0.25, -0.2) is 4.99 Å². The Kier molecular flexibility index (Phi) is 13.7. The second-order valence-corrected chi connectivity index (χ2v) is 6.57. The van der Waals surface area contributed by atoms with Crippen molar-refractivity contribution in [2.45, 2.75) is 33.4 Å². The highest BCUT2D eigenvalue weighted by atomic mass is 127. The van der Waals surface area contributed by atoms with Crippen LogP contribution in [0.25, 0.3) is 0 Å². The minimum atomic E-state index is -2.90. The molecule has 1 heterocycles. The van der Waals surface area contributed by atoms with Crippen LogP contribution in [-0.4, -0.2) is 70.0 Å². The van der Waals surface area contributed by atoms with Crippen molar-refractivity contribution in [2.75, 3.05) is 52.5 Å². The number of hydrogen-bond donors (Lipinski definition) is 2. The largest absolute Gasteiger partial charge is 0.493 e. The summed E-state index contributed by atoms with van der Waals surface area (Å²) in [6.07, 6.45) is 0.833. The molecule has 0 atom stereocenters. The Hall–Kier alpha value is -1.40. The summed E-state index contributed by atoms with van der Waals surface area (Å²) in [5.41, 5.74) is 0.569. The zero-order valence-electron chi connectivity index (χ0n) is 17.7. The molecule has 1 fully saturated rings. The molecule has 1 saturated heterocycles. The van der Waals surface area contributed by atoms with Crippen LogP contribution in [0.2, 0.25) is 0 Å². The van der Waals surface area contributed by atoms with E-state index in [1.54, 1.807) is 12.1 Å². The molecule has 0 radical (unpaired) electrons. The number of ether oxygens (including phenoxy) is 3. The van der Waals surface area contributed by atoms with Crippen molar-refractivity contribution in [3.8, 4) is 11.5 Å². The van der Waals surface area contributed by atoms with Gasteiger partial charge in [-0.15, -0.1) is 24.0 Å². The van der Waals surface area contributed by atoms with Crippen LogP contribution < -0.4 is 20.1 Å². The van der Waals surface area contributed by atoms with E-state index in [0.29, 0.717) is 30.4 Å². The van der Waals surface area contributed by atoms with Crippen LogP contribution in [-0.2, 0) is 11.3 Å². The van der Waals surface area contributed by atoms with E-state index < -0.39 is 6.61 Å². The summed E-state index contributed by atoms with van der Waals surface area (Å²) < 4.78 is 41.2. The molecule has 1 aromatic carbocycles. The van der Waals surface area contributed by atoms with Gasteiger partial charge in [-0.3, -0.25) is 4.90 Å². The van der Waals surface area contributed by atoms with Crippen molar-refractivity contribution in [3.63, 3.8) is 0 Å². The number of aliphatic imine (C=N–C) groups is 1. The monoisotopic (exact) mass is 542 g/mol. The molecular weight excluding hydrogens is 509 g/mol. The predicted octanol–water partition coefficient (Wildman–Crippen LogP) is 3.08. The molecule has 1 aliphatic rings. The third-order valence-electron chi connectivity index (χ3n) is 4.30. The van der Waals surface area contributed by atoms with E-state index in [0.717, 1.165) is 45.8 Å². The first-order chi connectivity index (χ1) is 14.1. The highest BCUT2D eigenvalue weighted by Crippen LogP contribution is 2.27. The molecule has 0 bridgehead atoms. The molecule has 0 unspecified atom stereocenters. The summed E-state index contributed by atoms with van der Waals surface area (Å²) in [7, 11) is 0. The zero-order valence-corrected chi connectivity index (χ0v) is 20.0. The van der Waals surface area contributed by atoms with E-state index >= 15 is 0 Å². The maximum Gasteiger partial charge on any atom is 0.387 e. The number of guanidine groups is 1. The molecule has 0 aliphatic carbocycles. The summed E-state index contributed by atoms with van der Waals surface area (Å²) in [4.78, 5) is 6.83. The first-order valence-electron chi connectivity index (χ1n) is 10.1. The maximum atomic E-state index is 12.8. The molecule has 172 valence electrons. The number of halogens is 3. The Morgan fingerprint density at radius 2 is 2.00 bits per heavy atom. The minimum absolute atomic E-state index is 0. The third kappa shape index (κ3) is 10.1. The van der Waals surface area contributed by atoms with Gasteiger partial charge in [0.15, 0.2) is 5.96 Å². The molecule has 0 aromatic heterocycles. The lowest BCUT2D eigenvalue weighted by molar-refractivity contribution is -0.0505. The molecule has 2 rings (SSSR count). The average molecular weight is 542 g/mol. The molecule has 30 heavy (non-hydrogen) atoms. The average Bonchev–Trinajstić information content (AvgIpc) is 2.71. The molecule has 0 amide bonds. The number of nitrogens with zero attached hydrogens (tertiary/aromatic N) is 2. The molecule has 2 N–H and O–H groups in total. The quantitative estimate of drug-likeness (QED) is 0.255. The lowest BCUT2D eigenvalue weighted by atomic mass is 10.2. The highest BCUT2D eigenvalue weighted by molar-refractivity contribution is 14.0. The molecule has 1 aliphatic heterocycles. The van der Waals surface area contributed by atoms with Crippen molar-refractivity contribution < 1.29 is 23.0 Å². The van der Waals surface area contributed by atoms with Gasteiger partial charge >= 0.3 is 6.61 Å².